The van der Waals surface area contributed by atoms with E-state index in [1.54, 1.807) is 6.07 Å². The number of hydrogen-bond donors (Lipinski definition) is 2. The lowest BCUT2D eigenvalue weighted by Crippen LogP contribution is -2.24. The third-order valence-corrected chi connectivity index (χ3v) is 3.21. The average molecular weight is 294 g/mol. The summed E-state index contributed by atoms with van der Waals surface area (Å²) in [7, 11) is 0. The molecule has 0 bridgehead atoms. The normalized spacial score (nSPS) is 11.0. The Labute approximate surface area is 121 Å². The van der Waals surface area contributed by atoms with E-state index < -0.39 is 5.91 Å². The number of rotatable bonds is 3. The molecule has 0 saturated carbocycles. The molecular weight excluding hydrogens is 278 g/mol. The molecule has 0 radical (unpaired) electrons. The quantitative estimate of drug-likeness (QED) is 0.663. The molecule has 7 heteroatoms. The number of guanidine groups is 1. The fourth-order valence-corrected chi connectivity index (χ4v) is 2.13. The molecule has 0 saturated heterocycles. The number of aromatic nitrogens is 2. The molecule has 0 aliphatic carbocycles. The van der Waals surface area contributed by atoms with E-state index in [9.17, 15) is 4.79 Å². The molecule has 0 atom stereocenters. The van der Waals surface area contributed by atoms with Crippen LogP contribution >= 0.6 is 11.6 Å². The van der Waals surface area contributed by atoms with E-state index >= 15 is 0 Å². The van der Waals surface area contributed by atoms with Crippen molar-refractivity contribution in [2.45, 2.75) is 26.3 Å². The minimum absolute atomic E-state index is 0.0170. The number of amides is 1. The number of carbonyl (C=O) groups excluding carboxylic acids is 1. The highest BCUT2D eigenvalue weighted by Gasteiger charge is 2.14. The predicted octanol–water partition coefficient (Wildman–Crippen LogP) is 1.61. The summed E-state index contributed by atoms with van der Waals surface area (Å²) in [6.45, 7) is 4.05. The molecule has 1 amide bonds. The summed E-state index contributed by atoms with van der Waals surface area (Å²) in [5.74, 6) is -0.704. The van der Waals surface area contributed by atoms with Gasteiger partial charge in [0.25, 0.3) is 5.91 Å². The van der Waals surface area contributed by atoms with Gasteiger partial charge in [0, 0.05) is 28.2 Å². The van der Waals surface area contributed by atoms with Gasteiger partial charge in [-0.15, -0.1) is 0 Å². The summed E-state index contributed by atoms with van der Waals surface area (Å²) in [6, 6.07) is 3.84. The van der Waals surface area contributed by atoms with Crippen molar-refractivity contribution in [1.29, 1.82) is 0 Å². The number of nitrogens with two attached hydrogens (primary N) is 2. The maximum atomic E-state index is 11.7. The first kappa shape index (κ1) is 14.3. The first-order valence-electron chi connectivity index (χ1n) is 6.17. The molecule has 4 N–H and O–H groups in total. The highest BCUT2D eigenvalue weighted by Crippen LogP contribution is 2.26. The van der Waals surface area contributed by atoms with Gasteiger partial charge in [-0.3, -0.25) is 9.48 Å². The molecule has 2 rings (SSSR count). The molecule has 0 spiro atoms. The molecule has 20 heavy (non-hydrogen) atoms. The largest absolute Gasteiger partial charge is 0.370 e. The van der Waals surface area contributed by atoms with Crippen LogP contribution in [0, 0.1) is 0 Å². The molecule has 0 aliphatic heterocycles. The highest BCUT2D eigenvalue weighted by atomic mass is 35.5. The number of benzene rings is 1. The lowest BCUT2D eigenvalue weighted by Gasteiger charge is -2.04. The van der Waals surface area contributed by atoms with Crippen LogP contribution < -0.4 is 11.5 Å². The molecule has 106 valence electrons. The molecular formula is C13H16ClN5O. The van der Waals surface area contributed by atoms with Gasteiger partial charge in [-0.2, -0.15) is 10.1 Å². The van der Waals surface area contributed by atoms with E-state index in [4.69, 9.17) is 23.1 Å². The van der Waals surface area contributed by atoms with Gasteiger partial charge in [-0.05, 0) is 26.0 Å². The summed E-state index contributed by atoms with van der Waals surface area (Å²) in [4.78, 5) is 15.2. The summed E-state index contributed by atoms with van der Waals surface area (Å²) in [5.41, 5.74) is 11.7. The minimum Gasteiger partial charge on any atom is -0.370 e. The van der Waals surface area contributed by atoms with Crippen LogP contribution in [0.1, 0.15) is 25.5 Å². The van der Waals surface area contributed by atoms with E-state index in [1.807, 2.05) is 30.8 Å². The van der Waals surface area contributed by atoms with Crippen molar-refractivity contribution in [2.75, 3.05) is 0 Å². The van der Waals surface area contributed by atoms with Crippen LogP contribution in [0.5, 0.6) is 0 Å². The van der Waals surface area contributed by atoms with Crippen molar-refractivity contribution in [1.82, 2.24) is 9.78 Å². The number of halogens is 1. The van der Waals surface area contributed by atoms with Gasteiger partial charge < -0.3 is 11.5 Å². The van der Waals surface area contributed by atoms with Crippen molar-refractivity contribution < 1.29 is 4.79 Å². The van der Waals surface area contributed by atoms with Crippen LogP contribution in [0.25, 0.3) is 10.9 Å². The van der Waals surface area contributed by atoms with E-state index in [0.717, 1.165) is 5.39 Å². The molecule has 2 aromatic rings. The first-order chi connectivity index (χ1) is 9.38. The zero-order chi connectivity index (χ0) is 14.9. The lowest BCUT2D eigenvalue weighted by molar-refractivity contribution is -0.117. The monoisotopic (exact) mass is 293 g/mol. The smallest absolute Gasteiger partial charge is 0.253 e. The van der Waals surface area contributed by atoms with E-state index in [2.05, 4.69) is 10.1 Å². The van der Waals surface area contributed by atoms with Crippen LogP contribution in [-0.4, -0.2) is 21.6 Å². The zero-order valence-corrected chi connectivity index (χ0v) is 12.1. The number of fused-ring (bicyclic) bond motifs is 1. The molecule has 1 heterocycles. The Bertz CT molecular complexity index is 685. The second kappa shape index (κ2) is 5.50. The van der Waals surface area contributed by atoms with Crippen LogP contribution in [0.15, 0.2) is 23.3 Å². The number of hydrogen-bond acceptors (Lipinski definition) is 2. The van der Waals surface area contributed by atoms with Crippen molar-refractivity contribution in [3.63, 3.8) is 0 Å². The molecule has 1 aromatic heterocycles. The fraction of sp³-hybridized carbons (Fsp3) is 0.308. The number of carbonyl (C=O) groups is 1. The van der Waals surface area contributed by atoms with E-state index in [1.165, 1.54) is 0 Å². The summed E-state index contributed by atoms with van der Waals surface area (Å²) in [5, 5.41) is 5.88. The van der Waals surface area contributed by atoms with Crippen molar-refractivity contribution >= 4 is 34.4 Å². The van der Waals surface area contributed by atoms with Crippen molar-refractivity contribution in [3.05, 3.63) is 28.9 Å². The second-order valence-electron chi connectivity index (χ2n) is 4.77. The summed E-state index contributed by atoms with van der Waals surface area (Å²) >= 11 is 6.16. The first-order valence-corrected chi connectivity index (χ1v) is 6.55. The SMILES string of the molecule is CC(C)n1cc2ccc(Cl)c(CC(=O)N=C(N)N)c2n1. The van der Waals surface area contributed by atoms with Gasteiger partial charge in [0.2, 0.25) is 0 Å². The van der Waals surface area contributed by atoms with Crippen molar-refractivity contribution in [3.8, 4) is 0 Å². The third-order valence-electron chi connectivity index (χ3n) is 2.85. The Morgan fingerprint density at radius 2 is 2.15 bits per heavy atom. The van der Waals surface area contributed by atoms with Crippen LogP contribution in [0.3, 0.4) is 0 Å². The third kappa shape index (κ3) is 2.91. The van der Waals surface area contributed by atoms with Gasteiger partial charge in [-0.1, -0.05) is 11.6 Å². The maximum Gasteiger partial charge on any atom is 0.253 e. The zero-order valence-electron chi connectivity index (χ0n) is 11.3. The Kier molecular flexibility index (Phi) is 3.94. The topological polar surface area (TPSA) is 99.3 Å². The number of aliphatic imine (C=N–C) groups is 1. The van der Waals surface area contributed by atoms with E-state index in [-0.39, 0.29) is 18.4 Å². The highest BCUT2D eigenvalue weighted by molar-refractivity contribution is 6.32. The Hall–Kier alpha value is -2.08. The Balaban J connectivity index is 2.48. The molecule has 0 fully saturated rings. The van der Waals surface area contributed by atoms with Gasteiger partial charge in [0.1, 0.15) is 0 Å². The second-order valence-corrected chi connectivity index (χ2v) is 5.18. The predicted molar refractivity (Wildman–Crippen MR) is 79.6 cm³/mol. The summed E-state index contributed by atoms with van der Waals surface area (Å²) < 4.78 is 1.83. The molecule has 0 unspecified atom stereocenters. The van der Waals surface area contributed by atoms with E-state index in [0.29, 0.717) is 16.1 Å². The summed E-state index contributed by atoms with van der Waals surface area (Å²) in [6.07, 6.45) is 1.94. The lowest BCUT2D eigenvalue weighted by atomic mass is 10.1. The Morgan fingerprint density at radius 3 is 2.75 bits per heavy atom. The molecule has 6 nitrogen and oxygen atoms in total. The fourth-order valence-electron chi connectivity index (χ4n) is 1.91. The van der Waals surface area contributed by atoms with Crippen LogP contribution in [0.2, 0.25) is 5.02 Å². The number of nitrogens with zero attached hydrogens (tertiary/aromatic N) is 3. The average Bonchev–Trinajstić information content (AvgIpc) is 2.76. The Morgan fingerprint density at radius 1 is 1.45 bits per heavy atom. The molecule has 0 aliphatic rings. The van der Waals surface area contributed by atoms with Gasteiger partial charge in [0.05, 0.1) is 11.9 Å². The minimum atomic E-state index is -0.446. The van der Waals surface area contributed by atoms with Crippen molar-refractivity contribution in [2.24, 2.45) is 16.5 Å². The van der Waals surface area contributed by atoms with Crippen LogP contribution in [0.4, 0.5) is 0 Å². The standard InChI is InChI=1S/C13H16ClN5O/c1-7(2)19-6-8-3-4-10(14)9(12(8)18-19)5-11(20)17-13(15)16/h3-4,6-7H,5H2,1-2H3,(H4,15,16,17,20). The molecule has 1 aromatic carbocycles. The maximum absolute atomic E-state index is 11.7. The van der Waals surface area contributed by atoms with Gasteiger partial charge in [0.15, 0.2) is 5.96 Å². The van der Waals surface area contributed by atoms with Gasteiger partial charge >= 0.3 is 0 Å². The van der Waals surface area contributed by atoms with Gasteiger partial charge in [-0.25, -0.2) is 0 Å². The van der Waals surface area contributed by atoms with Crippen LogP contribution in [-0.2, 0) is 11.2 Å².